The molecule has 1 aromatic heterocycles. The molecule has 5 nitrogen and oxygen atoms in total. The molecule has 1 N–H and O–H groups in total. The lowest BCUT2D eigenvalue weighted by Gasteiger charge is -2.21. The van der Waals surface area contributed by atoms with Gasteiger partial charge in [-0.05, 0) is 36.4 Å². The van der Waals surface area contributed by atoms with Crippen molar-refractivity contribution in [2.24, 2.45) is 0 Å². The Hall–Kier alpha value is -2.87. The average Bonchev–Trinajstić information content (AvgIpc) is 2.66. The quantitative estimate of drug-likeness (QED) is 0.657. The van der Waals surface area contributed by atoms with E-state index < -0.39 is 12.0 Å². The predicted octanol–water partition coefficient (Wildman–Crippen LogP) is 4.59. The molecule has 140 valence electrons. The minimum absolute atomic E-state index is 0.130. The molecule has 0 bridgehead atoms. The molecule has 0 aliphatic heterocycles. The van der Waals surface area contributed by atoms with Crippen molar-refractivity contribution in [1.29, 1.82) is 0 Å². The van der Waals surface area contributed by atoms with E-state index in [2.05, 4.69) is 15.3 Å². The van der Waals surface area contributed by atoms with Crippen molar-refractivity contribution in [2.45, 2.75) is 6.18 Å². The molecule has 0 fully saturated rings. The van der Waals surface area contributed by atoms with Gasteiger partial charge in [-0.1, -0.05) is 12.1 Å². The number of halogens is 4. The van der Waals surface area contributed by atoms with E-state index in [1.54, 1.807) is 49.5 Å². The highest BCUT2D eigenvalue weighted by Crippen LogP contribution is 2.34. The van der Waals surface area contributed by atoms with Crippen LogP contribution in [-0.4, -0.2) is 28.8 Å². The lowest BCUT2D eigenvalue weighted by atomic mass is 10.2. The zero-order valence-corrected chi connectivity index (χ0v) is 14.8. The fraction of sp³-hybridized carbons (Fsp3) is 0.167. The molecule has 3 rings (SSSR count). The van der Waals surface area contributed by atoms with E-state index in [0.717, 1.165) is 0 Å². The maximum absolute atomic E-state index is 13.2. The summed E-state index contributed by atoms with van der Waals surface area (Å²) in [6.45, 7) is 0. The van der Waals surface area contributed by atoms with Gasteiger partial charge in [-0.25, -0.2) is 9.97 Å². The maximum Gasteiger partial charge on any atom is 0.451 e. The van der Waals surface area contributed by atoms with Gasteiger partial charge in [0.2, 0.25) is 11.7 Å². The van der Waals surface area contributed by atoms with Crippen LogP contribution in [0.4, 0.5) is 30.4 Å². The molecule has 1 amide bonds. The van der Waals surface area contributed by atoms with E-state index >= 15 is 0 Å². The lowest BCUT2D eigenvalue weighted by molar-refractivity contribution is -0.144. The summed E-state index contributed by atoms with van der Waals surface area (Å²) in [5.74, 6) is -1.59. The third-order valence-electron chi connectivity index (χ3n) is 3.81. The number of anilines is 3. The number of rotatable bonds is 4. The zero-order valence-electron chi connectivity index (χ0n) is 14.1. The van der Waals surface area contributed by atoms with Gasteiger partial charge in [0.05, 0.1) is 5.52 Å². The molecule has 9 heteroatoms. The number of hydrogen-bond acceptors (Lipinski definition) is 4. The van der Waals surface area contributed by atoms with Gasteiger partial charge in [0.25, 0.3) is 0 Å². The van der Waals surface area contributed by atoms with Crippen LogP contribution in [0.1, 0.15) is 5.82 Å². The topological polar surface area (TPSA) is 58.1 Å². The van der Waals surface area contributed by atoms with E-state index in [1.807, 2.05) is 0 Å². The highest BCUT2D eigenvalue weighted by molar-refractivity contribution is 6.29. The van der Waals surface area contributed by atoms with Crippen LogP contribution in [0.15, 0.2) is 48.5 Å². The molecular formula is C18H14ClF3N4O. The molecule has 2 aromatic carbocycles. The molecule has 0 saturated heterocycles. The summed E-state index contributed by atoms with van der Waals surface area (Å²) in [7, 11) is 1.61. The maximum atomic E-state index is 13.2. The summed E-state index contributed by atoms with van der Waals surface area (Å²) in [6, 6.07) is 13.1. The van der Waals surface area contributed by atoms with E-state index in [1.165, 1.54) is 11.0 Å². The molecule has 1 heterocycles. The molecule has 0 saturated carbocycles. The van der Waals surface area contributed by atoms with Gasteiger partial charge < -0.3 is 10.2 Å². The first kappa shape index (κ1) is 18.9. The number of nitrogens with one attached hydrogen (secondary N) is 1. The predicted molar refractivity (Wildman–Crippen MR) is 98.4 cm³/mol. The van der Waals surface area contributed by atoms with Crippen LogP contribution in [0.25, 0.3) is 10.9 Å². The van der Waals surface area contributed by atoms with Crippen LogP contribution in [0.5, 0.6) is 0 Å². The second kappa shape index (κ2) is 7.40. The molecule has 0 unspecified atom stereocenters. The number of aromatic nitrogens is 2. The Labute approximate surface area is 157 Å². The van der Waals surface area contributed by atoms with Crippen LogP contribution < -0.4 is 10.2 Å². The highest BCUT2D eigenvalue weighted by Gasteiger charge is 2.36. The minimum Gasteiger partial charge on any atom is -0.329 e. The van der Waals surface area contributed by atoms with E-state index in [4.69, 9.17) is 11.6 Å². The SMILES string of the molecule is CN(c1ccc(NC(=O)CCl)cc1)c1nc(C(F)(F)F)nc2ccccc12. The Balaban J connectivity index is 2.02. The van der Waals surface area contributed by atoms with E-state index in [0.29, 0.717) is 16.8 Å². The van der Waals surface area contributed by atoms with Gasteiger partial charge in [0.15, 0.2) is 0 Å². The summed E-state index contributed by atoms with van der Waals surface area (Å²) in [5, 5.41) is 3.09. The fourth-order valence-corrected chi connectivity index (χ4v) is 2.59. The number of amides is 1. The minimum atomic E-state index is -4.66. The number of alkyl halides is 4. The van der Waals surface area contributed by atoms with E-state index in [-0.39, 0.29) is 23.1 Å². The first-order chi connectivity index (χ1) is 12.8. The standard InChI is InChI=1S/C18H14ClF3N4O/c1-26(12-8-6-11(7-9-12)23-15(27)10-19)16-13-4-2-3-5-14(13)24-17(25-16)18(20,21)22/h2-9H,10H2,1H3,(H,23,27). The number of carbonyl (C=O) groups is 1. The summed E-state index contributed by atoms with van der Waals surface area (Å²) in [5.41, 5.74) is 1.32. The average molecular weight is 395 g/mol. The summed E-state index contributed by atoms with van der Waals surface area (Å²) in [6.07, 6.45) is -4.66. The number of nitrogens with zero attached hydrogens (tertiary/aromatic N) is 3. The Morgan fingerprint density at radius 1 is 1.11 bits per heavy atom. The van der Waals surface area contributed by atoms with Crippen molar-refractivity contribution >= 4 is 45.6 Å². The fourth-order valence-electron chi connectivity index (χ4n) is 2.53. The second-order valence-electron chi connectivity index (χ2n) is 5.67. The van der Waals surface area contributed by atoms with Crippen LogP contribution >= 0.6 is 11.6 Å². The number of carbonyl (C=O) groups excluding carboxylic acids is 1. The third kappa shape index (κ3) is 4.11. The molecule has 0 radical (unpaired) electrons. The Morgan fingerprint density at radius 3 is 2.41 bits per heavy atom. The molecule has 0 spiro atoms. The van der Waals surface area contributed by atoms with Crippen molar-refractivity contribution < 1.29 is 18.0 Å². The zero-order chi connectivity index (χ0) is 19.6. The third-order valence-corrected chi connectivity index (χ3v) is 4.06. The van der Waals surface area contributed by atoms with Gasteiger partial charge in [0.1, 0.15) is 11.7 Å². The van der Waals surface area contributed by atoms with E-state index in [9.17, 15) is 18.0 Å². The van der Waals surface area contributed by atoms with Gasteiger partial charge in [-0.2, -0.15) is 13.2 Å². The number of fused-ring (bicyclic) bond motifs is 1. The molecule has 0 aliphatic rings. The van der Waals surface area contributed by atoms with Gasteiger partial charge in [-0.3, -0.25) is 4.79 Å². The lowest BCUT2D eigenvalue weighted by Crippen LogP contribution is -2.17. The summed E-state index contributed by atoms with van der Waals surface area (Å²) in [4.78, 5) is 20.2. The highest BCUT2D eigenvalue weighted by atomic mass is 35.5. The monoisotopic (exact) mass is 394 g/mol. The molecule has 27 heavy (non-hydrogen) atoms. The van der Waals surface area contributed by atoms with Crippen LogP contribution in [0.2, 0.25) is 0 Å². The molecule has 0 aliphatic carbocycles. The first-order valence-corrected chi connectivity index (χ1v) is 8.36. The Morgan fingerprint density at radius 2 is 1.78 bits per heavy atom. The number of para-hydroxylation sites is 1. The van der Waals surface area contributed by atoms with Crippen LogP contribution in [-0.2, 0) is 11.0 Å². The normalized spacial score (nSPS) is 11.4. The number of hydrogen-bond donors (Lipinski definition) is 1. The van der Waals surface area contributed by atoms with Crippen molar-refractivity contribution in [3.8, 4) is 0 Å². The smallest absolute Gasteiger partial charge is 0.329 e. The Kier molecular flexibility index (Phi) is 5.18. The van der Waals surface area contributed by atoms with Crippen molar-refractivity contribution in [1.82, 2.24) is 9.97 Å². The largest absolute Gasteiger partial charge is 0.451 e. The van der Waals surface area contributed by atoms with Crippen LogP contribution in [0.3, 0.4) is 0 Å². The summed E-state index contributed by atoms with van der Waals surface area (Å²) >= 11 is 5.44. The van der Waals surface area contributed by atoms with Crippen molar-refractivity contribution in [2.75, 3.05) is 23.1 Å². The van der Waals surface area contributed by atoms with Gasteiger partial charge in [-0.15, -0.1) is 11.6 Å². The Bertz CT molecular complexity index is 976. The second-order valence-corrected chi connectivity index (χ2v) is 5.94. The number of benzene rings is 2. The van der Waals surface area contributed by atoms with Gasteiger partial charge >= 0.3 is 6.18 Å². The van der Waals surface area contributed by atoms with Crippen molar-refractivity contribution in [3.05, 3.63) is 54.4 Å². The van der Waals surface area contributed by atoms with Crippen LogP contribution in [0, 0.1) is 0 Å². The molecule has 3 aromatic rings. The molecule has 0 atom stereocenters. The molecular weight excluding hydrogens is 381 g/mol. The van der Waals surface area contributed by atoms with Crippen molar-refractivity contribution in [3.63, 3.8) is 0 Å². The van der Waals surface area contributed by atoms with Gasteiger partial charge in [0, 0.05) is 23.8 Å². The summed E-state index contributed by atoms with van der Waals surface area (Å²) < 4.78 is 39.5. The first-order valence-electron chi connectivity index (χ1n) is 7.83.